The van der Waals surface area contributed by atoms with E-state index in [0.29, 0.717) is 5.95 Å². The van der Waals surface area contributed by atoms with Crippen LogP contribution in [0.25, 0.3) is 0 Å². The molecule has 6 nitrogen and oxygen atoms in total. The van der Waals surface area contributed by atoms with E-state index in [0.717, 1.165) is 43.9 Å². The van der Waals surface area contributed by atoms with Gasteiger partial charge >= 0.3 is 0 Å². The van der Waals surface area contributed by atoms with Crippen LogP contribution in [0.4, 0.5) is 11.8 Å². The summed E-state index contributed by atoms with van der Waals surface area (Å²) in [5.74, 6) is 6.52. The second kappa shape index (κ2) is 7.81. The lowest BCUT2D eigenvalue weighted by Crippen LogP contribution is -2.13. The molecule has 0 spiro atoms. The molecule has 0 bridgehead atoms. The lowest BCUT2D eigenvalue weighted by Gasteiger charge is -2.07. The first-order valence-electron chi connectivity index (χ1n) is 5.81. The highest BCUT2D eigenvalue weighted by atomic mass is 16.5. The number of nitrogens with zero attached hydrogens (tertiary/aromatic N) is 2. The number of hydrogen-bond acceptors (Lipinski definition) is 6. The van der Waals surface area contributed by atoms with Gasteiger partial charge in [0.1, 0.15) is 5.82 Å². The number of hydrazine groups is 1. The Labute approximate surface area is 102 Å². The number of ether oxygens (including phenoxy) is 1. The third-order valence-electron chi connectivity index (χ3n) is 2.31. The van der Waals surface area contributed by atoms with Gasteiger partial charge in [-0.2, -0.15) is 4.98 Å². The van der Waals surface area contributed by atoms with E-state index in [1.807, 2.05) is 13.0 Å². The molecule has 0 aliphatic carbocycles. The monoisotopic (exact) mass is 239 g/mol. The number of nitrogens with two attached hydrogens (primary N) is 1. The predicted octanol–water partition coefficient (Wildman–Crippen LogP) is 1.30. The van der Waals surface area contributed by atoms with E-state index in [-0.39, 0.29) is 0 Å². The van der Waals surface area contributed by atoms with Crippen molar-refractivity contribution >= 4 is 11.8 Å². The number of aryl methyl sites for hydroxylation is 1. The molecule has 1 aromatic rings. The number of nitrogen functional groups attached to an aromatic ring is 1. The molecule has 1 heterocycles. The molecule has 1 rings (SSSR count). The van der Waals surface area contributed by atoms with Gasteiger partial charge in [0.15, 0.2) is 0 Å². The maximum atomic E-state index is 5.28. The van der Waals surface area contributed by atoms with Crippen LogP contribution in [0.5, 0.6) is 0 Å². The highest BCUT2D eigenvalue weighted by Gasteiger charge is 1.99. The molecule has 0 atom stereocenters. The first-order chi connectivity index (χ1) is 8.26. The number of unbranched alkanes of at least 4 members (excludes halogenated alkanes) is 2. The molecule has 0 saturated heterocycles. The van der Waals surface area contributed by atoms with Gasteiger partial charge < -0.3 is 10.1 Å². The summed E-state index contributed by atoms with van der Waals surface area (Å²) in [5.41, 5.74) is 3.33. The van der Waals surface area contributed by atoms with Crippen molar-refractivity contribution < 1.29 is 4.74 Å². The van der Waals surface area contributed by atoms with Crippen molar-refractivity contribution in [1.82, 2.24) is 9.97 Å². The van der Waals surface area contributed by atoms with E-state index in [2.05, 4.69) is 20.7 Å². The fraction of sp³-hybridized carbons (Fsp3) is 0.636. The standard InChI is InChI=1S/C11H21N5O/c1-9-8-10(15-11(14-9)16-12)13-6-4-3-5-7-17-2/h8H,3-7,12H2,1-2H3,(H2,13,14,15,16). The molecule has 0 aromatic carbocycles. The van der Waals surface area contributed by atoms with E-state index < -0.39 is 0 Å². The van der Waals surface area contributed by atoms with Gasteiger partial charge in [-0.25, -0.2) is 10.8 Å². The van der Waals surface area contributed by atoms with Crippen LogP contribution in [-0.2, 0) is 4.74 Å². The molecular formula is C11H21N5O. The van der Waals surface area contributed by atoms with Crippen molar-refractivity contribution in [1.29, 1.82) is 0 Å². The van der Waals surface area contributed by atoms with Crippen LogP contribution in [0.15, 0.2) is 6.07 Å². The summed E-state index contributed by atoms with van der Waals surface area (Å²) in [6.07, 6.45) is 3.33. The molecule has 4 N–H and O–H groups in total. The number of anilines is 2. The Hall–Kier alpha value is -1.40. The van der Waals surface area contributed by atoms with Crippen molar-refractivity contribution in [3.05, 3.63) is 11.8 Å². The highest BCUT2D eigenvalue weighted by Crippen LogP contribution is 2.08. The predicted molar refractivity (Wildman–Crippen MR) is 68.8 cm³/mol. The summed E-state index contributed by atoms with van der Waals surface area (Å²) in [6, 6.07) is 1.90. The minimum Gasteiger partial charge on any atom is -0.385 e. The second-order valence-electron chi connectivity index (χ2n) is 3.84. The van der Waals surface area contributed by atoms with E-state index in [1.54, 1.807) is 7.11 Å². The van der Waals surface area contributed by atoms with E-state index in [9.17, 15) is 0 Å². The van der Waals surface area contributed by atoms with Crippen LogP contribution in [0.2, 0.25) is 0 Å². The summed E-state index contributed by atoms with van der Waals surface area (Å²) < 4.78 is 4.99. The van der Waals surface area contributed by atoms with Crippen molar-refractivity contribution in [2.24, 2.45) is 5.84 Å². The number of methoxy groups -OCH3 is 1. The number of aromatic nitrogens is 2. The van der Waals surface area contributed by atoms with Crippen LogP contribution in [-0.4, -0.2) is 30.2 Å². The lowest BCUT2D eigenvalue weighted by atomic mass is 10.2. The van der Waals surface area contributed by atoms with Gasteiger partial charge in [-0.1, -0.05) is 0 Å². The largest absolute Gasteiger partial charge is 0.385 e. The first-order valence-corrected chi connectivity index (χ1v) is 5.81. The Morgan fingerprint density at radius 3 is 2.82 bits per heavy atom. The molecule has 0 saturated carbocycles. The van der Waals surface area contributed by atoms with Crippen molar-refractivity contribution in [3.63, 3.8) is 0 Å². The number of nitrogens with one attached hydrogen (secondary N) is 2. The summed E-state index contributed by atoms with van der Waals surface area (Å²) in [6.45, 7) is 3.63. The molecule has 0 aliphatic rings. The summed E-state index contributed by atoms with van der Waals surface area (Å²) in [4.78, 5) is 8.32. The molecule has 0 unspecified atom stereocenters. The maximum absolute atomic E-state index is 5.28. The van der Waals surface area contributed by atoms with Gasteiger partial charge in [-0.15, -0.1) is 0 Å². The molecule has 0 fully saturated rings. The van der Waals surface area contributed by atoms with Gasteiger partial charge in [-0.05, 0) is 26.2 Å². The molecule has 0 aliphatic heterocycles. The van der Waals surface area contributed by atoms with Crippen molar-refractivity contribution in [2.75, 3.05) is 31.0 Å². The summed E-state index contributed by atoms with van der Waals surface area (Å²) >= 11 is 0. The van der Waals surface area contributed by atoms with Crippen molar-refractivity contribution in [3.8, 4) is 0 Å². The normalized spacial score (nSPS) is 10.3. The third kappa shape index (κ3) is 5.46. The average Bonchev–Trinajstić information content (AvgIpc) is 2.33. The first kappa shape index (κ1) is 13.7. The topological polar surface area (TPSA) is 85.1 Å². The fourth-order valence-corrected chi connectivity index (χ4v) is 1.49. The van der Waals surface area contributed by atoms with Gasteiger partial charge in [0.2, 0.25) is 5.95 Å². The lowest BCUT2D eigenvalue weighted by molar-refractivity contribution is 0.192. The molecular weight excluding hydrogens is 218 g/mol. The molecule has 0 radical (unpaired) electrons. The molecule has 0 amide bonds. The van der Waals surface area contributed by atoms with Crippen molar-refractivity contribution in [2.45, 2.75) is 26.2 Å². The number of hydrogen-bond donors (Lipinski definition) is 3. The Morgan fingerprint density at radius 1 is 1.29 bits per heavy atom. The Morgan fingerprint density at radius 2 is 2.12 bits per heavy atom. The highest BCUT2D eigenvalue weighted by molar-refractivity contribution is 5.41. The van der Waals surface area contributed by atoms with Gasteiger partial charge in [0, 0.05) is 32.0 Å². The quantitative estimate of drug-likeness (QED) is 0.360. The van der Waals surface area contributed by atoms with Gasteiger partial charge in [-0.3, -0.25) is 5.43 Å². The van der Waals surface area contributed by atoms with Crippen LogP contribution in [0, 0.1) is 6.92 Å². The second-order valence-corrected chi connectivity index (χ2v) is 3.84. The maximum Gasteiger partial charge on any atom is 0.239 e. The van der Waals surface area contributed by atoms with Gasteiger partial charge in [0.25, 0.3) is 0 Å². The smallest absolute Gasteiger partial charge is 0.239 e. The average molecular weight is 239 g/mol. The number of rotatable bonds is 8. The van der Waals surface area contributed by atoms with E-state index >= 15 is 0 Å². The van der Waals surface area contributed by atoms with Gasteiger partial charge in [0.05, 0.1) is 0 Å². The van der Waals surface area contributed by atoms with Crippen LogP contribution in [0.3, 0.4) is 0 Å². The Kier molecular flexibility index (Phi) is 6.27. The SMILES string of the molecule is COCCCCCNc1cc(C)nc(NN)n1. The van der Waals surface area contributed by atoms with E-state index in [4.69, 9.17) is 10.6 Å². The molecule has 1 aromatic heterocycles. The minimum absolute atomic E-state index is 0.437. The minimum atomic E-state index is 0.437. The summed E-state index contributed by atoms with van der Waals surface area (Å²) in [7, 11) is 1.73. The van der Waals surface area contributed by atoms with E-state index in [1.165, 1.54) is 0 Å². The van der Waals surface area contributed by atoms with Crippen LogP contribution >= 0.6 is 0 Å². The molecule has 17 heavy (non-hydrogen) atoms. The molecule has 96 valence electrons. The third-order valence-corrected chi connectivity index (χ3v) is 2.31. The fourth-order valence-electron chi connectivity index (χ4n) is 1.49. The zero-order valence-corrected chi connectivity index (χ0v) is 10.5. The zero-order chi connectivity index (χ0) is 12.5. The zero-order valence-electron chi connectivity index (χ0n) is 10.5. The van der Waals surface area contributed by atoms with Crippen LogP contribution in [0.1, 0.15) is 25.0 Å². The Bertz CT molecular complexity index is 332. The summed E-state index contributed by atoms with van der Waals surface area (Å²) in [5, 5.41) is 3.25. The Balaban J connectivity index is 2.28. The molecule has 6 heteroatoms. The van der Waals surface area contributed by atoms with Crippen LogP contribution < -0.4 is 16.6 Å².